The van der Waals surface area contributed by atoms with Crippen molar-refractivity contribution < 1.29 is 0 Å². The van der Waals surface area contributed by atoms with Crippen LogP contribution in [-0.4, -0.2) is 11.5 Å². The zero-order valence-electron chi connectivity index (χ0n) is 12.5. The lowest BCUT2D eigenvalue weighted by molar-refractivity contribution is -0.0355. The Bertz CT molecular complexity index is 454. The van der Waals surface area contributed by atoms with Gasteiger partial charge in [0.25, 0.3) is 0 Å². The molecule has 1 N–H and O–H groups in total. The Labute approximate surface area is 122 Å². The van der Waals surface area contributed by atoms with Crippen molar-refractivity contribution in [3.63, 3.8) is 0 Å². The van der Waals surface area contributed by atoms with E-state index >= 15 is 0 Å². The SMILES string of the molecule is Cc1cccnc1CNCC1C2CC3CC(C2)CC1C3. The summed E-state index contributed by atoms with van der Waals surface area (Å²) in [7, 11) is 0. The van der Waals surface area contributed by atoms with Gasteiger partial charge >= 0.3 is 0 Å². The fourth-order valence-corrected chi connectivity index (χ4v) is 5.43. The average Bonchev–Trinajstić information content (AvgIpc) is 2.43. The normalized spacial score (nSPS) is 38.4. The van der Waals surface area contributed by atoms with E-state index in [9.17, 15) is 0 Å². The predicted molar refractivity (Wildman–Crippen MR) is 81.2 cm³/mol. The fraction of sp³-hybridized carbons (Fsp3) is 0.722. The quantitative estimate of drug-likeness (QED) is 0.905. The first-order valence-electron chi connectivity index (χ1n) is 8.41. The zero-order chi connectivity index (χ0) is 13.5. The molecule has 5 rings (SSSR count). The summed E-state index contributed by atoms with van der Waals surface area (Å²) in [5.74, 6) is 5.19. The average molecular weight is 270 g/mol. The minimum Gasteiger partial charge on any atom is -0.311 e. The highest BCUT2D eigenvalue weighted by Gasteiger charge is 2.47. The number of rotatable bonds is 4. The lowest BCUT2D eigenvalue weighted by Crippen LogP contribution is -2.48. The van der Waals surface area contributed by atoms with Gasteiger partial charge in [0, 0.05) is 12.7 Å². The van der Waals surface area contributed by atoms with Crippen LogP contribution in [-0.2, 0) is 6.54 Å². The van der Waals surface area contributed by atoms with Crippen molar-refractivity contribution in [1.82, 2.24) is 10.3 Å². The van der Waals surface area contributed by atoms with Gasteiger partial charge in [-0.05, 0) is 86.8 Å². The van der Waals surface area contributed by atoms with Gasteiger partial charge in [0.05, 0.1) is 5.69 Å². The van der Waals surface area contributed by atoms with Crippen LogP contribution in [0, 0.1) is 36.5 Å². The summed E-state index contributed by atoms with van der Waals surface area (Å²) in [5.41, 5.74) is 2.53. The van der Waals surface area contributed by atoms with Gasteiger partial charge in [-0.25, -0.2) is 0 Å². The van der Waals surface area contributed by atoms with Gasteiger partial charge in [0.1, 0.15) is 0 Å². The molecule has 4 bridgehead atoms. The second kappa shape index (κ2) is 5.14. The van der Waals surface area contributed by atoms with Crippen molar-refractivity contribution in [2.45, 2.75) is 45.6 Å². The van der Waals surface area contributed by atoms with E-state index in [1.54, 1.807) is 6.42 Å². The van der Waals surface area contributed by atoms with Crippen LogP contribution in [0.2, 0.25) is 0 Å². The van der Waals surface area contributed by atoms with Crippen LogP contribution in [0.5, 0.6) is 0 Å². The molecule has 0 spiro atoms. The molecule has 0 radical (unpaired) electrons. The first kappa shape index (κ1) is 12.8. The molecule has 0 aliphatic heterocycles. The Kier molecular flexibility index (Phi) is 3.30. The van der Waals surface area contributed by atoms with Crippen molar-refractivity contribution >= 4 is 0 Å². The molecule has 0 atom stereocenters. The minimum absolute atomic E-state index is 0.940. The molecule has 1 aromatic rings. The number of nitrogens with zero attached hydrogens (tertiary/aromatic N) is 1. The van der Waals surface area contributed by atoms with Gasteiger partial charge < -0.3 is 5.32 Å². The number of pyridine rings is 1. The summed E-state index contributed by atoms with van der Waals surface area (Å²) in [4.78, 5) is 4.49. The van der Waals surface area contributed by atoms with Crippen molar-refractivity contribution in [1.29, 1.82) is 0 Å². The molecule has 20 heavy (non-hydrogen) atoms. The van der Waals surface area contributed by atoms with E-state index in [0.29, 0.717) is 0 Å². The lowest BCUT2D eigenvalue weighted by atomic mass is 9.52. The molecule has 0 saturated heterocycles. The molecule has 108 valence electrons. The monoisotopic (exact) mass is 270 g/mol. The number of nitrogens with one attached hydrogen (secondary N) is 1. The van der Waals surface area contributed by atoms with Crippen molar-refractivity contribution in [2.75, 3.05) is 6.54 Å². The van der Waals surface area contributed by atoms with Gasteiger partial charge in [0.15, 0.2) is 0 Å². The third-order valence-corrected chi connectivity index (χ3v) is 6.21. The van der Waals surface area contributed by atoms with E-state index in [0.717, 1.165) is 36.1 Å². The molecule has 0 amide bonds. The predicted octanol–water partition coefficient (Wildman–Crippen LogP) is 3.55. The smallest absolute Gasteiger partial charge is 0.0570 e. The van der Waals surface area contributed by atoms with Gasteiger partial charge in [-0.1, -0.05) is 6.07 Å². The largest absolute Gasteiger partial charge is 0.311 e. The summed E-state index contributed by atoms with van der Waals surface area (Å²) in [6.45, 7) is 4.31. The van der Waals surface area contributed by atoms with Crippen LogP contribution in [0.1, 0.15) is 43.4 Å². The van der Waals surface area contributed by atoms with E-state index in [1.807, 2.05) is 12.3 Å². The Morgan fingerprint density at radius 1 is 1.10 bits per heavy atom. The maximum absolute atomic E-state index is 4.49. The van der Waals surface area contributed by atoms with Gasteiger partial charge in [-0.15, -0.1) is 0 Å². The van der Waals surface area contributed by atoms with Crippen LogP contribution >= 0.6 is 0 Å². The summed E-state index contributed by atoms with van der Waals surface area (Å²) in [6.07, 6.45) is 9.58. The number of hydrogen-bond acceptors (Lipinski definition) is 2. The highest BCUT2D eigenvalue weighted by Crippen LogP contribution is 2.56. The Morgan fingerprint density at radius 2 is 1.80 bits per heavy atom. The third kappa shape index (κ3) is 2.28. The maximum Gasteiger partial charge on any atom is 0.0570 e. The molecule has 4 saturated carbocycles. The number of hydrogen-bond donors (Lipinski definition) is 1. The van der Waals surface area contributed by atoms with E-state index in [4.69, 9.17) is 0 Å². The standard InChI is InChI=1S/C18H26N2/c1-12-3-2-4-20-18(12)11-19-10-17-15-6-13-5-14(8-15)9-16(17)7-13/h2-4,13-17,19H,5-11H2,1H3. The van der Waals surface area contributed by atoms with Crippen LogP contribution in [0.4, 0.5) is 0 Å². The molecule has 4 aliphatic carbocycles. The van der Waals surface area contributed by atoms with Crippen LogP contribution in [0.15, 0.2) is 18.3 Å². The van der Waals surface area contributed by atoms with Crippen LogP contribution in [0.25, 0.3) is 0 Å². The molecule has 0 unspecified atom stereocenters. The van der Waals surface area contributed by atoms with Crippen molar-refractivity contribution in [2.24, 2.45) is 29.6 Å². The summed E-state index contributed by atoms with van der Waals surface area (Å²) in [6, 6.07) is 4.18. The first-order chi connectivity index (χ1) is 9.79. The zero-order valence-corrected chi connectivity index (χ0v) is 12.5. The molecular weight excluding hydrogens is 244 g/mol. The highest BCUT2D eigenvalue weighted by molar-refractivity contribution is 5.17. The summed E-state index contributed by atoms with van der Waals surface area (Å²) < 4.78 is 0. The lowest BCUT2D eigenvalue weighted by Gasteiger charge is -2.54. The molecule has 4 fully saturated rings. The number of aryl methyl sites for hydroxylation is 1. The Balaban J connectivity index is 1.35. The highest BCUT2D eigenvalue weighted by atomic mass is 14.9. The van der Waals surface area contributed by atoms with Gasteiger partial charge in [-0.3, -0.25) is 4.98 Å². The molecular formula is C18H26N2. The van der Waals surface area contributed by atoms with Gasteiger partial charge in [-0.2, -0.15) is 0 Å². The molecule has 1 aromatic heterocycles. The van der Waals surface area contributed by atoms with Gasteiger partial charge in [0.2, 0.25) is 0 Å². The minimum atomic E-state index is 0.940. The second-order valence-electron chi connectivity index (χ2n) is 7.49. The second-order valence-corrected chi connectivity index (χ2v) is 7.49. The molecule has 2 heteroatoms. The van der Waals surface area contributed by atoms with E-state index in [2.05, 4.69) is 23.3 Å². The maximum atomic E-state index is 4.49. The summed E-state index contributed by atoms with van der Waals surface area (Å²) >= 11 is 0. The summed E-state index contributed by atoms with van der Waals surface area (Å²) in [5, 5.41) is 3.71. The van der Waals surface area contributed by atoms with Crippen LogP contribution < -0.4 is 5.32 Å². The van der Waals surface area contributed by atoms with Crippen molar-refractivity contribution in [3.05, 3.63) is 29.6 Å². The Morgan fingerprint density at radius 3 is 2.45 bits per heavy atom. The Hall–Kier alpha value is -0.890. The van der Waals surface area contributed by atoms with E-state index in [1.165, 1.54) is 43.5 Å². The first-order valence-corrected chi connectivity index (χ1v) is 8.41. The third-order valence-electron chi connectivity index (χ3n) is 6.21. The fourth-order valence-electron chi connectivity index (χ4n) is 5.43. The van der Waals surface area contributed by atoms with E-state index < -0.39 is 0 Å². The number of aromatic nitrogens is 1. The van der Waals surface area contributed by atoms with E-state index in [-0.39, 0.29) is 0 Å². The van der Waals surface area contributed by atoms with Crippen LogP contribution in [0.3, 0.4) is 0 Å². The molecule has 1 heterocycles. The molecule has 4 aliphatic rings. The molecule has 2 nitrogen and oxygen atoms in total. The topological polar surface area (TPSA) is 24.9 Å². The molecule has 0 aromatic carbocycles. The van der Waals surface area contributed by atoms with Crippen molar-refractivity contribution in [3.8, 4) is 0 Å².